The van der Waals surface area contributed by atoms with Crippen molar-refractivity contribution < 1.29 is 9.53 Å². The fourth-order valence-corrected chi connectivity index (χ4v) is 5.21. The molecule has 0 aliphatic rings. The van der Waals surface area contributed by atoms with Crippen LogP contribution in [0.3, 0.4) is 0 Å². The Morgan fingerprint density at radius 2 is 1.36 bits per heavy atom. The van der Waals surface area contributed by atoms with Crippen LogP contribution in [0.2, 0.25) is 0 Å². The quantitative estimate of drug-likeness (QED) is 0.207. The third kappa shape index (κ3) is 5.80. The summed E-state index contributed by atoms with van der Waals surface area (Å²) in [6, 6.07) is 41.1. The van der Waals surface area contributed by atoms with Gasteiger partial charge in [0.05, 0.1) is 23.6 Å². The van der Waals surface area contributed by atoms with Crippen LogP contribution in [0.15, 0.2) is 121 Å². The van der Waals surface area contributed by atoms with Crippen LogP contribution >= 0.6 is 0 Å². The van der Waals surface area contributed by atoms with Crippen LogP contribution < -0.4 is 10.1 Å². The lowest BCUT2D eigenvalue weighted by atomic mass is 9.88. The van der Waals surface area contributed by atoms with Gasteiger partial charge in [0.2, 0.25) is 0 Å². The molecule has 0 saturated heterocycles. The van der Waals surface area contributed by atoms with Gasteiger partial charge in [-0.15, -0.1) is 0 Å². The number of hydrogen-bond donors (Lipinski definition) is 1. The Morgan fingerprint density at radius 1 is 0.795 bits per heavy atom. The van der Waals surface area contributed by atoms with Crippen LogP contribution in [0.5, 0.6) is 5.75 Å². The van der Waals surface area contributed by atoms with Gasteiger partial charge in [0.15, 0.2) is 0 Å². The molecular formula is C35H34N2O2. The molecule has 0 bridgehead atoms. The van der Waals surface area contributed by atoms with Crippen molar-refractivity contribution in [1.29, 1.82) is 0 Å². The minimum Gasteiger partial charge on any atom is -0.492 e. The standard InChI is InChI=1S/C35H34N2O2/c1-3-39-34-22-14-13-21-32(34)37-26(2)31(25-33(37)29-19-11-6-12-20-29)35(38)36-24-23-30(27-15-7-4-8-16-27)28-17-9-5-10-18-28/h4-22,25,30H,3,23-24H2,1-2H3,(H,36,38). The van der Waals surface area contributed by atoms with Crippen molar-refractivity contribution in [1.82, 2.24) is 9.88 Å². The van der Waals surface area contributed by atoms with Gasteiger partial charge in [-0.25, -0.2) is 0 Å². The van der Waals surface area contributed by atoms with E-state index in [0.29, 0.717) is 18.7 Å². The lowest BCUT2D eigenvalue weighted by Crippen LogP contribution is -2.26. The maximum absolute atomic E-state index is 13.6. The van der Waals surface area contributed by atoms with Gasteiger partial charge in [-0.3, -0.25) is 4.79 Å². The van der Waals surface area contributed by atoms with Crippen LogP contribution in [0.4, 0.5) is 0 Å². The average Bonchev–Trinajstić information content (AvgIpc) is 3.34. The zero-order valence-electron chi connectivity index (χ0n) is 22.5. The highest BCUT2D eigenvalue weighted by Gasteiger charge is 2.22. The third-order valence-corrected chi connectivity index (χ3v) is 7.09. The first-order chi connectivity index (χ1) is 19.2. The molecule has 39 heavy (non-hydrogen) atoms. The average molecular weight is 515 g/mol. The minimum atomic E-state index is -0.0720. The highest BCUT2D eigenvalue weighted by molar-refractivity contribution is 5.97. The largest absolute Gasteiger partial charge is 0.492 e. The summed E-state index contributed by atoms with van der Waals surface area (Å²) < 4.78 is 8.09. The Bertz CT molecular complexity index is 1470. The van der Waals surface area contributed by atoms with Crippen LogP contribution in [-0.2, 0) is 0 Å². The number of para-hydroxylation sites is 2. The molecule has 1 heterocycles. The zero-order chi connectivity index (χ0) is 27.0. The first-order valence-corrected chi connectivity index (χ1v) is 13.6. The molecule has 1 aromatic heterocycles. The van der Waals surface area contributed by atoms with Gasteiger partial charge in [-0.1, -0.05) is 103 Å². The molecule has 0 fully saturated rings. The van der Waals surface area contributed by atoms with Crippen LogP contribution in [-0.4, -0.2) is 23.6 Å². The molecule has 4 aromatic carbocycles. The number of carbonyl (C=O) groups is 1. The highest BCUT2D eigenvalue weighted by atomic mass is 16.5. The molecule has 0 unspecified atom stereocenters. The maximum Gasteiger partial charge on any atom is 0.253 e. The second kappa shape index (κ2) is 12.3. The van der Waals surface area contributed by atoms with E-state index in [2.05, 4.69) is 70.5 Å². The number of ether oxygens (including phenoxy) is 1. The van der Waals surface area contributed by atoms with E-state index in [9.17, 15) is 4.79 Å². The van der Waals surface area contributed by atoms with Gasteiger partial charge in [-0.2, -0.15) is 0 Å². The first kappa shape index (κ1) is 26.1. The maximum atomic E-state index is 13.6. The molecule has 0 spiro atoms. The number of carbonyl (C=O) groups excluding carboxylic acids is 1. The smallest absolute Gasteiger partial charge is 0.253 e. The second-order valence-electron chi connectivity index (χ2n) is 9.55. The number of nitrogens with zero attached hydrogens (tertiary/aromatic N) is 1. The number of amides is 1. The van der Waals surface area contributed by atoms with Gasteiger partial charge in [0, 0.05) is 18.2 Å². The van der Waals surface area contributed by atoms with E-state index < -0.39 is 0 Å². The van der Waals surface area contributed by atoms with Crippen molar-refractivity contribution in [2.24, 2.45) is 0 Å². The highest BCUT2D eigenvalue weighted by Crippen LogP contribution is 2.34. The van der Waals surface area contributed by atoms with Crippen molar-refractivity contribution in [3.8, 4) is 22.7 Å². The number of aromatic nitrogens is 1. The molecule has 5 aromatic rings. The monoisotopic (exact) mass is 514 g/mol. The zero-order valence-corrected chi connectivity index (χ0v) is 22.5. The molecule has 0 radical (unpaired) electrons. The summed E-state index contributed by atoms with van der Waals surface area (Å²) in [4.78, 5) is 13.6. The Hall–Kier alpha value is -4.57. The van der Waals surface area contributed by atoms with E-state index in [1.165, 1.54) is 11.1 Å². The molecule has 5 rings (SSSR count). The predicted molar refractivity (Wildman–Crippen MR) is 159 cm³/mol. The Morgan fingerprint density at radius 3 is 1.97 bits per heavy atom. The number of rotatable bonds is 10. The Labute approximate surface area is 230 Å². The Balaban J connectivity index is 1.44. The summed E-state index contributed by atoms with van der Waals surface area (Å²) >= 11 is 0. The van der Waals surface area contributed by atoms with E-state index in [0.717, 1.165) is 34.8 Å². The van der Waals surface area contributed by atoms with Crippen molar-refractivity contribution in [3.05, 3.63) is 144 Å². The number of nitrogens with one attached hydrogen (secondary N) is 1. The fourth-order valence-electron chi connectivity index (χ4n) is 5.21. The number of benzene rings is 4. The van der Waals surface area contributed by atoms with Crippen LogP contribution in [0.25, 0.3) is 16.9 Å². The van der Waals surface area contributed by atoms with Crippen LogP contribution in [0.1, 0.15) is 46.4 Å². The second-order valence-corrected chi connectivity index (χ2v) is 9.55. The van der Waals surface area contributed by atoms with Gasteiger partial charge < -0.3 is 14.6 Å². The van der Waals surface area contributed by atoms with Gasteiger partial charge >= 0.3 is 0 Å². The normalized spacial score (nSPS) is 10.9. The molecule has 4 heteroatoms. The molecule has 0 saturated carbocycles. The van der Waals surface area contributed by atoms with Crippen molar-refractivity contribution >= 4 is 5.91 Å². The molecule has 4 nitrogen and oxygen atoms in total. The summed E-state index contributed by atoms with van der Waals surface area (Å²) in [6.07, 6.45) is 0.804. The summed E-state index contributed by atoms with van der Waals surface area (Å²) in [5, 5.41) is 3.21. The lowest BCUT2D eigenvalue weighted by molar-refractivity contribution is 0.0952. The lowest BCUT2D eigenvalue weighted by Gasteiger charge is -2.18. The topological polar surface area (TPSA) is 43.3 Å². The van der Waals surface area contributed by atoms with Crippen molar-refractivity contribution in [3.63, 3.8) is 0 Å². The molecule has 0 atom stereocenters. The third-order valence-electron chi connectivity index (χ3n) is 7.09. The van der Waals surface area contributed by atoms with E-state index in [1.54, 1.807) is 0 Å². The van der Waals surface area contributed by atoms with E-state index >= 15 is 0 Å². The van der Waals surface area contributed by atoms with E-state index in [4.69, 9.17) is 4.74 Å². The molecular weight excluding hydrogens is 480 g/mol. The van der Waals surface area contributed by atoms with Gasteiger partial charge in [0.1, 0.15) is 5.75 Å². The van der Waals surface area contributed by atoms with E-state index in [-0.39, 0.29) is 11.8 Å². The summed E-state index contributed by atoms with van der Waals surface area (Å²) in [6.45, 7) is 5.11. The first-order valence-electron chi connectivity index (χ1n) is 13.6. The predicted octanol–water partition coefficient (Wildman–Crippen LogP) is 7.80. The Kier molecular flexibility index (Phi) is 8.23. The SMILES string of the molecule is CCOc1ccccc1-n1c(-c2ccccc2)cc(C(=O)NCCC(c2ccccc2)c2ccccc2)c1C. The molecule has 196 valence electrons. The van der Waals surface area contributed by atoms with Gasteiger partial charge in [0.25, 0.3) is 5.91 Å². The van der Waals surface area contributed by atoms with Crippen LogP contribution in [0, 0.1) is 6.92 Å². The number of hydrogen-bond acceptors (Lipinski definition) is 2. The van der Waals surface area contributed by atoms with Crippen molar-refractivity contribution in [2.45, 2.75) is 26.2 Å². The minimum absolute atomic E-state index is 0.0720. The van der Waals surface area contributed by atoms with E-state index in [1.807, 2.05) is 74.5 Å². The molecule has 1 N–H and O–H groups in total. The summed E-state index contributed by atoms with van der Waals surface area (Å²) in [5.74, 6) is 0.921. The summed E-state index contributed by atoms with van der Waals surface area (Å²) in [7, 11) is 0. The van der Waals surface area contributed by atoms with Gasteiger partial charge in [-0.05, 0) is 55.2 Å². The molecule has 0 aliphatic heterocycles. The molecule has 0 aliphatic carbocycles. The van der Waals surface area contributed by atoms with Crippen molar-refractivity contribution in [2.75, 3.05) is 13.2 Å². The molecule has 1 amide bonds. The fraction of sp³-hybridized carbons (Fsp3) is 0.171. The summed E-state index contributed by atoms with van der Waals surface area (Å²) in [5.41, 5.74) is 6.95.